The summed E-state index contributed by atoms with van der Waals surface area (Å²) in [4.78, 5) is 14.1. The van der Waals surface area contributed by atoms with Crippen LogP contribution in [0.2, 0.25) is 0 Å². The smallest absolute Gasteiger partial charge is 0.237 e. The second-order valence-electron chi connectivity index (χ2n) is 4.97. The molecule has 1 heterocycles. The van der Waals surface area contributed by atoms with E-state index in [0.29, 0.717) is 6.61 Å². The minimum atomic E-state index is -0.000130. The standard InChI is InChI=1S/C15H21BrN2O2/c1-17-15(19)14-7-2-3-8-18(14)9-10-20-13-6-4-5-12(16)11-13/h4-6,11,14H,2-3,7-10H2,1H3,(H,17,19). The van der Waals surface area contributed by atoms with E-state index in [-0.39, 0.29) is 11.9 Å². The van der Waals surface area contributed by atoms with Crippen LogP contribution in [0.3, 0.4) is 0 Å². The Morgan fingerprint density at radius 1 is 1.50 bits per heavy atom. The Labute approximate surface area is 128 Å². The van der Waals surface area contributed by atoms with E-state index in [2.05, 4.69) is 26.1 Å². The van der Waals surface area contributed by atoms with Crippen molar-refractivity contribution in [1.29, 1.82) is 0 Å². The van der Waals surface area contributed by atoms with E-state index in [4.69, 9.17) is 4.74 Å². The maximum Gasteiger partial charge on any atom is 0.237 e. The summed E-state index contributed by atoms with van der Waals surface area (Å²) in [5.74, 6) is 0.972. The summed E-state index contributed by atoms with van der Waals surface area (Å²) < 4.78 is 6.76. The Bertz CT molecular complexity index is 453. The largest absolute Gasteiger partial charge is 0.492 e. The number of rotatable bonds is 5. The lowest BCUT2D eigenvalue weighted by Crippen LogP contribution is -2.49. The number of amides is 1. The molecule has 0 aliphatic carbocycles. The lowest BCUT2D eigenvalue weighted by Gasteiger charge is -2.34. The molecule has 5 heteroatoms. The van der Waals surface area contributed by atoms with E-state index in [1.807, 2.05) is 24.3 Å². The summed E-state index contributed by atoms with van der Waals surface area (Å²) >= 11 is 3.43. The van der Waals surface area contributed by atoms with E-state index in [1.165, 1.54) is 0 Å². The zero-order valence-electron chi connectivity index (χ0n) is 11.8. The molecule has 4 nitrogen and oxygen atoms in total. The third-order valence-corrected chi connectivity index (χ3v) is 4.10. The summed E-state index contributed by atoms with van der Waals surface area (Å²) in [6, 6.07) is 7.82. The fourth-order valence-corrected chi connectivity index (χ4v) is 2.94. The Balaban J connectivity index is 1.84. The van der Waals surface area contributed by atoms with Gasteiger partial charge in [0.25, 0.3) is 0 Å². The van der Waals surface area contributed by atoms with Gasteiger partial charge in [0.05, 0.1) is 6.04 Å². The van der Waals surface area contributed by atoms with Gasteiger partial charge in [-0.3, -0.25) is 9.69 Å². The number of hydrogen-bond acceptors (Lipinski definition) is 3. The fraction of sp³-hybridized carbons (Fsp3) is 0.533. The van der Waals surface area contributed by atoms with Gasteiger partial charge < -0.3 is 10.1 Å². The maximum atomic E-state index is 11.9. The van der Waals surface area contributed by atoms with Gasteiger partial charge in [-0.05, 0) is 37.6 Å². The molecule has 1 aromatic carbocycles. The summed E-state index contributed by atoms with van der Waals surface area (Å²) in [5, 5.41) is 2.75. The molecule has 2 rings (SSSR count). The second-order valence-corrected chi connectivity index (χ2v) is 5.88. The fourth-order valence-electron chi connectivity index (χ4n) is 2.56. The highest BCUT2D eigenvalue weighted by molar-refractivity contribution is 9.10. The molecule has 110 valence electrons. The number of likely N-dealkylation sites (N-methyl/N-ethyl adjacent to an activating group) is 1. The van der Waals surface area contributed by atoms with Crippen LogP contribution in [0.15, 0.2) is 28.7 Å². The first-order valence-electron chi connectivity index (χ1n) is 7.04. The molecule has 1 aliphatic heterocycles. The van der Waals surface area contributed by atoms with Gasteiger partial charge in [0.15, 0.2) is 0 Å². The summed E-state index contributed by atoms with van der Waals surface area (Å²) in [6.07, 6.45) is 3.22. The molecule has 0 radical (unpaired) electrons. The Morgan fingerprint density at radius 2 is 2.35 bits per heavy atom. The maximum absolute atomic E-state index is 11.9. The lowest BCUT2D eigenvalue weighted by molar-refractivity contribution is -0.127. The number of nitrogens with one attached hydrogen (secondary N) is 1. The molecule has 1 aliphatic rings. The van der Waals surface area contributed by atoms with Gasteiger partial charge in [-0.2, -0.15) is 0 Å². The molecule has 1 saturated heterocycles. The van der Waals surface area contributed by atoms with Crippen molar-refractivity contribution < 1.29 is 9.53 Å². The number of halogens is 1. The van der Waals surface area contributed by atoms with Crippen LogP contribution in [0.4, 0.5) is 0 Å². The molecule has 0 aromatic heterocycles. The number of benzene rings is 1. The van der Waals surface area contributed by atoms with Crippen LogP contribution < -0.4 is 10.1 Å². The monoisotopic (exact) mass is 340 g/mol. The van der Waals surface area contributed by atoms with E-state index in [0.717, 1.165) is 42.6 Å². The zero-order chi connectivity index (χ0) is 14.4. The molecule has 20 heavy (non-hydrogen) atoms. The molecule has 0 bridgehead atoms. The molecule has 1 atom stereocenters. The molecular formula is C15H21BrN2O2. The van der Waals surface area contributed by atoms with Crippen LogP contribution in [0.25, 0.3) is 0 Å². The molecule has 0 saturated carbocycles. The van der Waals surface area contributed by atoms with Gasteiger partial charge in [-0.25, -0.2) is 0 Å². The highest BCUT2D eigenvalue weighted by Crippen LogP contribution is 2.19. The summed E-state index contributed by atoms with van der Waals surface area (Å²) in [6.45, 7) is 2.36. The Hall–Kier alpha value is -1.07. The van der Waals surface area contributed by atoms with Crippen LogP contribution in [0.5, 0.6) is 5.75 Å². The summed E-state index contributed by atoms with van der Waals surface area (Å²) in [5.41, 5.74) is 0. The van der Waals surface area contributed by atoms with Gasteiger partial charge in [0, 0.05) is 18.1 Å². The minimum Gasteiger partial charge on any atom is -0.492 e. The van der Waals surface area contributed by atoms with Gasteiger partial charge in [-0.15, -0.1) is 0 Å². The van der Waals surface area contributed by atoms with Gasteiger partial charge in [-0.1, -0.05) is 28.4 Å². The van der Waals surface area contributed by atoms with Crippen molar-refractivity contribution in [3.05, 3.63) is 28.7 Å². The zero-order valence-corrected chi connectivity index (χ0v) is 13.4. The molecule has 1 unspecified atom stereocenters. The van der Waals surface area contributed by atoms with Crippen LogP contribution in [0.1, 0.15) is 19.3 Å². The first-order valence-corrected chi connectivity index (χ1v) is 7.84. The molecule has 1 aromatic rings. The van der Waals surface area contributed by atoms with E-state index < -0.39 is 0 Å². The average molecular weight is 341 g/mol. The first-order chi connectivity index (χ1) is 9.70. The number of nitrogens with zero attached hydrogens (tertiary/aromatic N) is 1. The summed E-state index contributed by atoms with van der Waals surface area (Å²) in [7, 11) is 1.70. The number of carbonyl (C=O) groups is 1. The lowest BCUT2D eigenvalue weighted by atomic mass is 10.0. The third kappa shape index (κ3) is 4.21. The Morgan fingerprint density at radius 3 is 3.10 bits per heavy atom. The predicted molar refractivity (Wildman–Crippen MR) is 82.9 cm³/mol. The van der Waals surface area contributed by atoms with Gasteiger partial charge in [0.1, 0.15) is 12.4 Å². The van der Waals surface area contributed by atoms with Crippen molar-refractivity contribution in [3.63, 3.8) is 0 Å². The number of hydrogen-bond donors (Lipinski definition) is 1. The van der Waals surface area contributed by atoms with Crippen molar-refractivity contribution in [2.75, 3.05) is 26.7 Å². The van der Waals surface area contributed by atoms with Crippen molar-refractivity contribution in [2.24, 2.45) is 0 Å². The predicted octanol–water partition coefficient (Wildman–Crippen LogP) is 2.43. The molecule has 1 N–H and O–H groups in total. The highest BCUT2D eigenvalue weighted by atomic mass is 79.9. The van der Waals surface area contributed by atoms with Crippen LogP contribution in [-0.4, -0.2) is 43.6 Å². The van der Waals surface area contributed by atoms with Crippen molar-refractivity contribution in [1.82, 2.24) is 10.2 Å². The van der Waals surface area contributed by atoms with Crippen molar-refractivity contribution in [2.45, 2.75) is 25.3 Å². The quantitative estimate of drug-likeness (QED) is 0.894. The van der Waals surface area contributed by atoms with Crippen LogP contribution >= 0.6 is 15.9 Å². The number of piperidine rings is 1. The van der Waals surface area contributed by atoms with Gasteiger partial charge in [0.2, 0.25) is 5.91 Å². The van der Waals surface area contributed by atoms with E-state index in [1.54, 1.807) is 7.05 Å². The van der Waals surface area contributed by atoms with Crippen molar-refractivity contribution >= 4 is 21.8 Å². The van der Waals surface area contributed by atoms with Crippen molar-refractivity contribution in [3.8, 4) is 5.75 Å². The third-order valence-electron chi connectivity index (χ3n) is 3.61. The molecule has 1 fully saturated rings. The molecule has 0 spiro atoms. The minimum absolute atomic E-state index is 0.000130. The average Bonchev–Trinajstić information content (AvgIpc) is 2.47. The van der Waals surface area contributed by atoms with Crippen LogP contribution in [-0.2, 0) is 4.79 Å². The molecular weight excluding hydrogens is 320 g/mol. The van der Waals surface area contributed by atoms with E-state index in [9.17, 15) is 4.79 Å². The Kier molecular flexibility index (Phi) is 5.86. The van der Waals surface area contributed by atoms with Crippen LogP contribution in [0, 0.1) is 0 Å². The second kappa shape index (κ2) is 7.64. The van der Waals surface area contributed by atoms with E-state index >= 15 is 0 Å². The molecule has 1 amide bonds. The van der Waals surface area contributed by atoms with Gasteiger partial charge >= 0.3 is 0 Å². The first kappa shape index (κ1) is 15.3. The SMILES string of the molecule is CNC(=O)C1CCCCN1CCOc1cccc(Br)c1. The topological polar surface area (TPSA) is 41.6 Å². The number of likely N-dealkylation sites (tertiary alicyclic amines) is 1. The number of carbonyl (C=O) groups excluding carboxylic acids is 1. The highest BCUT2D eigenvalue weighted by Gasteiger charge is 2.27. The normalized spacial score (nSPS) is 19.6. The number of ether oxygens (including phenoxy) is 1.